The van der Waals surface area contributed by atoms with Crippen LogP contribution in [-0.4, -0.2) is 34.9 Å². The highest BCUT2D eigenvalue weighted by atomic mass is 35.5. The predicted octanol–water partition coefficient (Wildman–Crippen LogP) is 4.13. The van der Waals surface area contributed by atoms with Crippen molar-refractivity contribution in [1.29, 1.82) is 0 Å². The van der Waals surface area contributed by atoms with Gasteiger partial charge >= 0.3 is 5.97 Å². The number of rotatable bonds is 7. The number of carbonyl (C=O) groups excluding carboxylic acids is 2. The lowest BCUT2D eigenvalue weighted by atomic mass is 10.2. The van der Waals surface area contributed by atoms with Gasteiger partial charge in [0, 0.05) is 11.1 Å². The van der Waals surface area contributed by atoms with Crippen LogP contribution in [0.25, 0.3) is 0 Å². The molecule has 0 fully saturated rings. The van der Waals surface area contributed by atoms with Crippen LogP contribution < -0.4 is 14.9 Å². The first kappa shape index (κ1) is 22.6. The lowest BCUT2D eigenvalue weighted by Crippen LogP contribution is -2.17. The first-order chi connectivity index (χ1) is 15.4. The molecule has 0 aromatic heterocycles. The van der Waals surface area contributed by atoms with Crippen molar-refractivity contribution in [2.24, 2.45) is 5.10 Å². The molecule has 164 valence electrons. The third-order valence-corrected chi connectivity index (χ3v) is 4.41. The topological polar surface area (TPSA) is 117 Å². The molecular formula is C23H19ClN2O6. The molecule has 1 amide bonds. The number of nitrogens with one attached hydrogen (secondary N) is 1. The largest absolute Gasteiger partial charge is 0.508 e. The standard InChI is InChI=1S/C23H19ClN2O6/c1-2-31-21-11-14(13-25-26-22(29)18-9-8-17(27)12-19(18)28)3-10-20(21)32-23(30)15-4-6-16(24)7-5-15/h3-13,27-28H,2H2,1H3,(H,26,29)/b25-13+. The Balaban J connectivity index is 1.71. The molecule has 3 aromatic rings. The number of halogens is 1. The molecular weight excluding hydrogens is 436 g/mol. The number of hydrogen-bond donors (Lipinski definition) is 3. The van der Waals surface area contributed by atoms with Gasteiger partial charge in [-0.25, -0.2) is 10.2 Å². The average Bonchev–Trinajstić information content (AvgIpc) is 2.76. The van der Waals surface area contributed by atoms with E-state index in [9.17, 15) is 19.8 Å². The van der Waals surface area contributed by atoms with E-state index in [4.69, 9.17) is 21.1 Å². The van der Waals surface area contributed by atoms with Gasteiger partial charge in [-0.1, -0.05) is 11.6 Å². The third-order valence-electron chi connectivity index (χ3n) is 4.16. The summed E-state index contributed by atoms with van der Waals surface area (Å²) in [5, 5.41) is 23.4. The molecule has 0 bridgehead atoms. The molecule has 0 radical (unpaired) electrons. The number of ether oxygens (including phenoxy) is 2. The molecule has 8 nitrogen and oxygen atoms in total. The molecule has 3 N–H and O–H groups in total. The Labute approximate surface area is 188 Å². The minimum atomic E-state index is -0.655. The minimum Gasteiger partial charge on any atom is -0.508 e. The van der Waals surface area contributed by atoms with Crippen molar-refractivity contribution in [1.82, 2.24) is 5.43 Å². The number of phenolic OH excluding ortho intramolecular Hbond substituents is 2. The number of hydrogen-bond acceptors (Lipinski definition) is 7. The summed E-state index contributed by atoms with van der Waals surface area (Å²) in [4.78, 5) is 24.5. The zero-order valence-corrected chi connectivity index (χ0v) is 17.7. The Morgan fingerprint density at radius 1 is 1.03 bits per heavy atom. The molecule has 32 heavy (non-hydrogen) atoms. The zero-order valence-electron chi connectivity index (χ0n) is 16.9. The third kappa shape index (κ3) is 5.77. The van der Waals surface area contributed by atoms with E-state index >= 15 is 0 Å². The van der Waals surface area contributed by atoms with Crippen LogP contribution in [0, 0.1) is 0 Å². The molecule has 0 aliphatic heterocycles. The maximum absolute atomic E-state index is 12.4. The molecule has 0 aliphatic rings. The van der Waals surface area contributed by atoms with E-state index in [1.807, 2.05) is 0 Å². The summed E-state index contributed by atoms with van der Waals surface area (Å²) in [7, 11) is 0. The number of phenols is 2. The second kappa shape index (κ2) is 10.3. The van der Waals surface area contributed by atoms with Crippen molar-refractivity contribution in [3.8, 4) is 23.0 Å². The Morgan fingerprint density at radius 2 is 1.78 bits per heavy atom. The number of esters is 1. The normalized spacial score (nSPS) is 10.7. The summed E-state index contributed by atoms with van der Waals surface area (Å²) in [5.41, 5.74) is 3.14. The SMILES string of the molecule is CCOc1cc(/C=N/NC(=O)c2ccc(O)cc2O)ccc1OC(=O)c1ccc(Cl)cc1. The number of nitrogens with zero attached hydrogens (tertiary/aromatic N) is 1. The number of benzene rings is 3. The first-order valence-electron chi connectivity index (χ1n) is 9.47. The van der Waals surface area contributed by atoms with Crippen LogP contribution in [0.3, 0.4) is 0 Å². The minimum absolute atomic E-state index is 0.0422. The van der Waals surface area contributed by atoms with Crippen LogP contribution in [0.5, 0.6) is 23.0 Å². The van der Waals surface area contributed by atoms with Crippen LogP contribution in [0.4, 0.5) is 0 Å². The average molecular weight is 455 g/mol. The number of hydrazone groups is 1. The predicted molar refractivity (Wildman–Crippen MR) is 119 cm³/mol. The summed E-state index contributed by atoms with van der Waals surface area (Å²) in [6, 6.07) is 14.7. The first-order valence-corrected chi connectivity index (χ1v) is 9.85. The van der Waals surface area contributed by atoms with E-state index in [-0.39, 0.29) is 22.8 Å². The Morgan fingerprint density at radius 3 is 2.47 bits per heavy atom. The molecule has 0 unspecified atom stereocenters. The summed E-state index contributed by atoms with van der Waals surface area (Å²) in [6.07, 6.45) is 1.36. The van der Waals surface area contributed by atoms with Crippen LogP contribution in [0.2, 0.25) is 5.02 Å². The van der Waals surface area contributed by atoms with Crippen LogP contribution in [0.1, 0.15) is 33.2 Å². The monoisotopic (exact) mass is 454 g/mol. The zero-order chi connectivity index (χ0) is 23.1. The fourth-order valence-corrected chi connectivity index (χ4v) is 2.77. The second-order valence-corrected chi connectivity index (χ2v) is 6.87. The van der Waals surface area contributed by atoms with Gasteiger partial charge in [-0.3, -0.25) is 4.79 Å². The van der Waals surface area contributed by atoms with E-state index in [0.29, 0.717) is 28.5 Å². The molecule has 3 rings (SSSR count). The van der Waals surface area contributed by atoms with Crippen molar-refractivity contribution in [3.63, 3.8) is 0 Å². The van der Waals surface area contributed by atoms with Gasteiger partial charge in [0.1, 0.15) is 11.5 Å². The van der Waals surface area contributed by atoms with Crippen molar-refractivity contribution in [3.05, 3.63) is 82.4 Å². The van der Waals surface area contributed by atoms with E-state index in [0.717, 1.165) is 6.07 Å². The molecule has 9 heteroatoms. The summed E-state index contributed by atoms with van der Waals surface area (Å²) in [6.45, 7) is 2.12. The van der Waals surface area contributed by atoms with Crippen LogP contribution >= 0.6 is 11.6 Å². The lowest BCUT2D eigenvalue weighted by molar-refractivity contribution is 0.0728. The van der Waals surface area contributed by atoms with Gasteiger partial charge < -0.3 is 19.7 Å². The van der Waals surface area contributed by atoms with Gasteiger partial charge in [-0.2, -0.15) is 5.10 Å². The molecule has 3 aromatic carbocycles. The molecule has 0 aliphatic carbocycles. The quantitative estimate of drug-likeness (QED) is 0.214. The number of carbonyl (C=O) groups is 2. The van der Waals surface area contributed by atoms with E-state index in [2.05, 4.69) is 10.5 Å². The van der Waals surface area contributed by atoms with Gasteiger partial charge in [0.2, 0.25) is 0 Å². The van der Waals surface area contributed by atoms with E-state index < -0.39 is 11.9 Å². The molecule has 0 spiro atoms. The fraction of sp³-hybridized carbons (Fsp3) is 0.0870. The summed E-state index contributed by atoms with van der Waals surface area (Å²) in [5.74, 6) is -1.21. The molecule has 0 heterocycles. The van der Waals surface area contributed by atoms with Crippen LogP contribution in [0.15, 0.2) is 65.8 Å². The van der Waals surface area contributed by atoms with Crippen LogP contribution in [-0.2, 0) is 0 Å². The highest BCUT2D eigenvalue weighted by Crippen LogP contribution is 2.29. The number of amides is 1. The van der Waals surface area contributed by atoms with Gasteiger partial charge in [-0.15, -0.1) is 0 Å². The highest BCUT2D eigenvalue weighted by molar-refractivity contribution is 6.30. The molecule has 0 saturated heterocycles. The van der Waals surface area contributed by atoms with Crippen molar-refractivity contribution >= 4 is 29.7 Å². The van der Waals surface area contributed by atoms with Crippen molar-refractivity contribution in [2.75, 3.05) is 6.61 Å². The smallest absolute Gasteiger partial charge is 0.343 e. The maximum Gasteiger partial charge on any atom is 0.343 e. The van der Waals surface area contributed by atoms with Crippen molar-refractivity contribution < 1.29 is 29.3 Å². The van der Waals surface area contributed by atoms with Gasteiger partial charge in [0.25, 0.3) is 5.91 Å². The van der Waals surface area contributed by atoms with Crippen molar-refractivity contribution in [2.45, 2.75) is 6.92 Å². The molecule has 0 atom stereocenters. The Bertz CT molecular complexity index is 1160. The van der Waals surface area contributed by atoms with Gasteiger partial charge in [-0.05, 0) is 67.1 Å². The molecule has 0 saturated carbocycles. The Hall–Kier alpha value is -4.04. The summed E-state index contributed by atoms with van der Waals surface area (Å²) >= 11 is 5.84. The Kier molecular flexibility index (Phi) is 7.30. The van der Waals surface area contributed by atoms with E-state index in [1.54, 1.807) is 49.4 Å². The van der Waals surface area contributed by atoms with Gasteiger partial charge in [0.15, 0.2) is 11.5 Å². The second-order valence-electron chi connectivity index (χ2n) is 6.44. The summed E-state index contributed by atoms with van der Waals surface area (Å²) < 4.78 is 11.0. The maximum atomic E-state index is 12.4. The van der Waals surface area contributed by atoms with E-state index in [1.165, 1.54) is 18.3 Å². The highest BCUT2D eigenvalue weighted by Gasteiger charge is 2.14. The van der Waals surface area contributed by atoms with Gasteiger partial charge in [0.05, 0.1) is 23.9 Å². The lowest BCUT2D eigenvalue weighted by Gasteiger charge is -2.11. The number of aromatic hydroxyl groups is 2. The fourth-order valence-electron chi connectivity index (χ4n) is 2.64.